The second-order valence-electron chi connectivity index (χ2n) is 1.95. The van der Waals surface area contributed by atoms with Crippen molar-refractivity contribution in [3.05, 3.63) is 18.5 Å². The smallest absolute Gasteiger partial charge is 0.190 e. The SMILES string of the molecule is Nc1nocc2ccnc1-2. The highest BCUT2D eigenvalue weighted by Crippen LogP contribution is 2.22. The summed E-state index contributed by atoms with van der Waals surface area (Å²) in [6.45, 7) is 0. The van der Waals surface area contributed by atoms with Gasteiger partial charge >= 0.3 is 0 Å². The molecule has 2 rings (SSSR count). The Bertz CT molecular complexity index is 317. The maximum atomic E-state index is 5.43. The molecule has 4 heteroatoms. The molecule has 0 unspecified atom stereocenters. The minimum Gasteiger partial charge on any atom is -0.379 e. The fraction of sp³-hybridized carbons (Fsp3) is 0. The summed E-state index contributed by atoms with van der Waals surface area (Å²) in [5.74, 6) is 0.336. The molecule has 2 N–H and O–H groups in total. The second kappa shape index (κ2) is 1.70. The molecule has 0 spiro atoms. The Morgan fingerprint density at radius 3 is 3.20 bits per heavy atom. The molecule has 0 aromatic heterocycles. The van der Waals surface area contributed by atoms with Crippen LogP contribution >= 0.6 is 0 Å². The number of fused-ring (bicyclic) bond motifs is 1. The molecule has 0 atom stereocenters. The van der Waals surface area contributed by atoms with Gasteiger partial charge in [0.05, 0.1) is 0 Å². The molecule has 50 valence electrons. The lowest BCUT2D eigenvalue weighted by atomic mass is 10.2. The molecule has 2 heterocycles. The van der Waals surface area contributed by atoms with Gasteiger partial charge in [0.25, 0.3) is 0 Å². The first-order chi connectivity index (χ1) is 4.88. The third kappa shape index (κ3) is 0.556. The summed E-state index contributed by atoms with van der Waals surface area (Å²) in [5, 5.41) is 3.52. The highest BCUT2D eigenvalue weighted by Gasteiger charge is 2.08. The maximum absolute atomic E-state index is 5.43. The van der Waals surface area contributed by atoms with E-state index in [4.69, 9.17) is 5.73 Å². The van der Waals surface area contributed by atoms with Crippen molar-refractivity contribution < 1.29 is 4.52 Å². The molecule has 0 radical (unpaired) electrons. The topological polar surface area (TPSA) is 64.9 Å². The van der Waals surface area contributed by atoms with E-state index < -0.39 is 0 Å². The van der Waals surface area contributed by atoms with Crippen LogP contribution in [-0.4, -0.2) is 10.1 Å². The Morgan fingerprint density at radius 2 is 2.40 bits per heavy atom. The van der Waals surface area contributed by atoms with Crippen molar-refractivity contribution in [2.24, 2.45) is 0 Å². The molecule has 0 aromatic rings. The summed E-state index contributed by atoms with van der Waals surface area (Å²) < 4.78 is 4.66. The highest BCUT2D eigenvalue weighted by atomic mass is 16.5. The van der Waals surface area contributed by atoms with Crippen molar-refractivity contribution in [1.82, 2.24) is 10.1 Å². The zero-order valence-corrected chi connectivity index (χ0v) is 5.11. The van der Waals surface area contributed by atoms with Crippen LogP contribution in [0.15, 0.2) is 23.0 Å². The Kier molecular flexibility index (Phi) is 0.887. The predicted octanol–water partition coefficient (Wildman–Crippen LogP) is 0.757. The molecule has 4 nitrogen and oxygen atoms in total. The van der Waals surface area contributed by atoms with Crippen LogP contribution in [0, 0.1) is 0 Å². The van der Waals surface area contributed by atoms with Crippen LogP contribution in [0.3, 0.4) is 0 Å². The molecule has 2 aliphatic rings. The molecule has 2 aliphatic heterocycles. The van der Waals surface area contributed by atoms with Gasteiger partial charge in [-0.1, -0.05) is 5.16 Å². The molecule has 0 aliphatic carbocycles. The maximum Gasteiger partial charge on any atom is 0.190 e. The lowest BCUT2D eigenvalue weighted by Gasteiger charge is -1.95. The van der Waals surface area contributed by atoms with Gasteiger partial charge in [0, 0.05) is 11.8 Å². The summed E-state index contributed by atoms with van der Waals surface area (Å²) in [4.78, 5) is 3.97. The Balaban J connectivity index is 2.80. The molecule has 0 bridgehead atoms. The van der Waals surface area contributed by atoms with E-state index in [9.17, 15) is 0 Å². The molecule has 0 aromatic carbocycles. The number of nitrogens with two attached hydrogens (primary N) is 1. The summed E-state index contributed by atoms with van der Waals surface area (Å²) in [6.07, 6.45) is 3.18. The van der Waals surface area contributed by atoms with E-state index in [-0.39, 0.29) is 0 Å². The van der Waals surface area contributed by atoms with Gasteiger partial charge in [-0.3, -0.25) is 4.98 Å². The molecule has 10 heavy (non-hydrogen) atoms. The van der Waals surface area contributed by atoms with Gasteiger partial charge in [-0.05, 0) is 6.07 Å². The first-order valence-corrected chi connectivity index (χ1v) is 2.82. The Hall–Kier alpha value is -1.58. The van der Waals surface area contributed by atoms with Gasteiger partial charge in [0.2, 0.25) is 0 Å². The standard InChI is InChI=1S/C6H5N3O/c7-6-5-4(1-2-8-5)3-10-9-6/h1-3H,(H2,7,9). The second-order valence-corrected chi connectivity index (χ2v) is 1.95. The number of hydrogen-bond acceptors (Lipinski definition) is 4. The molecular weight excluding hydrogens is 130 g/mol. The number of nitrogen functional groups attached to an aromatic ring is 1. The van der Waals surface area contributed by atoms with Crippen LogP contribution < -0.4 is 5.73 Å². The summed E-state index contributed by atoms with van der Waals surface area (Å²) in [7, 11) is 0. The Morgan fingerprint density at radius 1 is 1.50 bits per heavy atom. The highest BCUT2D eigenvalue weighted by molar-refractivity contribution is 5.69. The van der Waals surface area contributed by atoms with E-state index in [2.05, 4.69) is 14.7 Å². The van der Waals surface area contributed by atoms with Crippen molar-refractivity contribution in [3.8, 4) is 11.3 Å². The summed E-state index contributed by atoms with van der Waals surface area (Å²) in [5.41, 5.74) is 7.02. The number of hydrogen-bond donors (Lipinski definition) is 1. The minimum atomic E-state index is 0.336. The van der Waals surface area contributed by atoms with Crippen LogP contribution in [0.1, 0.15) is 0 Å². The number of anilines is 1. The number of nitrogens with zero attached hydrogens (tertiary/aromatic N) is 2. The average Bonchev–Trinajstić information content (AvgIpc) is 2.36. The van der Waals surface area contributed by atoms with E-state index in [1.54, 1.807) is 6.20 Å². The van der Waals surface area contributed by atoms with Crippen molar-refractivity contribution in [3.63, 3.8) is 0 Å². The number of aromatic nitrogens is 2. The predicted molar refractivity (Wildman–Crippen MR) is 35.3 cm³/mol. The van der Waals surface area contributed by atoms with Crippen molar-refractivity contribution in [2.75, 3.05) is 5.73 Å². The normalized spacial score (nSPS) is 10.4. The van der Waals surface area contributed by atoms with E-state index in [1.165, 1.54) is 6.26 Å². The Labute approximate surface area is 57.0 Å². The number of rotatable bonds is 0. The van der Waals surface area contributed by atoms with Gasteiger partial charge in [-0.15, -0.1) is 0 Å². The first kappa shape index (κ1) is 5.22. The fourth-order valence-electron chi connectivity index (χ4n) is 0.838. The van der Waals surface area contributed by atoms with Crippen molar-refractivity contribution >= 4 is 5.82 Å². The molecule has 0 fully saturated rings. The lowest BCUT2D eigenvalue weighted by molar-refractivity contribution is 0.406. The zero-order valence-electron chi connectivity index (χ0n) is 5.11. The van der Waals surface area contributed by atoms with Gasteiger partial charge < -0.3 is 10.3 Å². The van der Waals surface area contributed by atoms with Crippen LogP contribution in [0.5, 0.6) is 0 Å². The van der Waals surface area contributed by atoms with Gasteiger partial charge in [0.1, 0.15) is 12.0 Å². The van der Waals surface area contributed by atoms with E-state index in [0.29, 0.717) is 11.5 Å². The van der Waals surface area contributed by atoms with Crippen molar-refractivity contribution in [2.45, 2.75) is 0 Å². The van der Waals surface area contributed by atoms with E-state index in [0.717, 1.165) is 5.56 Å². The van der Waals surface area contributed by atoms with Crippen LogP contribution in [0.2, 0.25) is 0 Å². The zero-order chi connectivity index (χ0) is 6.97. The summed E-state index contributed by atoms with van der Waals surface area (Å²) >= 11 is 0. The third-order valence-electron chi connectivity index (χ3n) is 1.30. The average molecular weight is 135 g/mol. The summed E-state index contributed by atoms with van der Waals surface area (Å²) in [6, 6.07) is 1.82. The monoisotopic (exact) mass is 135 g/mol. The fourth-order valence-corrected chi connectivity index (χ4v) is 0.838. The minimum absolute atomic E-state index is 0.336. The van der Waals surface area contributed by atoms with Crippen LogP contribution in [0.4, 0.5) is 5.82 Å². The molecule has 0 amide bonds. The largest absolute Gasteiger partial charge is 0.379 e. The molecule has 0 saturated heterocycles. The van der Waals surface area contributed by atoms with Crippen LogP contribution in [-0.2, 0) is 0 Å². The third-order valence-corrected chi connectivity index (χ3v) is 1.30. The molecular formula is C6H5N3O. The lowest BCUT2D eigenvalue weighted by Crippen LogP contribution is -1.92. The van der Waals surface area contributed by atoms with Gasteiger partial charge in [-0.2, -0.15) is 0 Å². The molecule has 0 saturated carbocycles. The van der Waals surface area contributed by atoms with E-state index >= 15 is 0 Å². The van der Waals surface area contributed by atoms with E-state index in [1.807, 2.05) is 6.07 Å². The van der Waals surface area contributed by atoms with Crippen molar-refractivity contribution in [1.29, 1.82) is 0 Å². The van der Waals surface area contributed by atoms with Gasteiger partial charge in [0.15, 0.2) is 5.82 Å². The van der Waals surface area contributed by atoms with Gasteiger partial charge in [-0.25, -0.2) is 0 Å². The first-order valence-electron chi connectivity index (χ1n) is 2.82. The quantitative estimate of drug-likeness (QED) is 0.579. The van der Waals surface area contributed by atoms with Crippen LogP contribution in [0.25, 0.3) is 11.3 Å².